The zero-order valence-corrected chi connectivity index (χ0v) is 11.6. The summed E-state index contributed by atoms with van der Waals surface area (Å²) in [6.07, 6.45) is 9.51. The molecule has 0 amide bonds. The molecule has 1 aliphatic carbocycles. The fraction of sp³-hybridized carbons (Fsp3) is 1.00. The molecular weight excluding hydrogens is 224 g/mol. The molecule has 3 rings (SSSR count). The van der Waals surface area contributed by atoms with Crippen LogP contribution in [-0.4, -0.2) is 59.8 Å². The molecule has 1 atom stereocenters. The maximum Gasteiger partial charge on any atom is 0.0586 e. The van der Waals surface area contributed by atoms with Crippen molar-refractivity contribution in [1.82, 2.24) is 9.80 Å². The van der Waals surface area contributed by atoms with Gasteiger partial charge in [0.05, 0.1) is 6.61 Å². The zero-order valence-electron chi connectivity index (χ0n) is 11.6. The zero-order chi connectivity index (χ0) is 12.4. The van der Waals surface area contributed by atoms with E-state index in [1.54, 1.807) is 0 Å². The van der Waals surface area contributed by atoms with Crippen LogP contribution in [0.15, 0.2) is 0 Å². The van der Waals surface area contributed by atoms with Crippen LogP contribution in [0.25, 0.3) is 0 Å². The highest BCUT2D eigenvalue weighted by Gasteiger charge is 2.32. The van der Waals surface area contributed by atoms with Gasteiger partial charge in [-0.1, -0.05) is 6.42 Å². The van der Waals surface area contributed by atoms with Crippen molar-refractivity contribution in [2.24, 2.45) is 5.92 Å². The van der Waals surface area contributed by atoms with Gasteiger partial charge in [-0.25, -0.2) is 0 Å². The van der Waals surface area contributed by atoms with E-state index >= 15 is 0 Å². The van der Waals surface area contributed by atoms with Gasteiger partial charge in [-0.15, -0.1) is 0 Å². The first-order valence-corrected chi connectivity index (χ1v) is 7.96. The summed E-state index contributed by atoms with van der Waals surface area (Å²) in [5.74, 6) is 0.897. The lowest BCUT2D eigenvalue weighted by Crippen LogP contribution is -2.45. The molecule has 2 heterocycles. The Morgan fingerprint density at radius 3 is 2.33 bits per heavy atom. The topological polar surface area (TPSA) is 26.5 Å². The van der Waals surface area contributed by atoms with Gasteiger partial charge in [0, 0.05) is 31.7 Å². The van der Waals surface area contributed by atoms with E-state index in [0.717, 1.165) is 12.0 Å². The van der Waals surface area contributed by atoms with Crippen molar-refractivity contribution in [2.45, 2.75) is 57.0 Å². The van der Waals surface area contributed by atoms with Gasteiger partial charge >= 0.3 is 0 Å². The molecule has 0 spiro atoms. The monoisotopic (exact) mass is 252 g/mol. The van der Waals surface area contributed by atoms with Gasteiger partial charge in [-0.3, -0.25) is 9.80 Å². The number of nitrogens with zero attached hydrogens (tertiary/aromatic N) is 2. The predicted molar refractivity (Wildman–Crippen MR) is 73.6 cm³/mol. The Hall–Kier alpha value is -0.120. The molecule has 1 saturated carbocycles. The molecule has 0 bridgehead atoms. The second-order valence-corrected chi connectivity index (χ2v) is 6.54. The maximum atomic E-state index is 9.47. The predicted octanol–water partition coefficient (Wildman–Crippen LogP) is 1.71. The molecule has 18 heavy (non-hydrogen) atoms. The number of rotatable bonds is 4. The van der Waals surface area contributed by atoms with Gasteiger partial charge in [0.25, 0.3) is 0 Å². The molecule has 2 saturated heterocycles. The molecule has 1 N–H and O–H groups in total. The molecule has 0 aromatic heterocycles. The summed E-state index contributed by atoms with van der Waals surface area (Å²) in [7, 11) is 0. The van der Waals surface area contributed by atoms with E-state index in [0.29, 0.717) is 12.6 Å². The first-order valence-electron chi connectivity index (χ1n) is 7.96. The van der Waals surface area contributed by atoms with Crippen LogP contribution < -0.4 is 0 Å². The Balaban J connectivity index is 1.44. The standard InChI is InChI=1S/C15H28N2O/c18-12-15-3-1-2-8-17(15)11-13-4-6-14(7-5-13)16-9-10-16/h13-15,18H,1-12H2/t13?,14?,15-/m0/s1. The fourth-order valence-electron chi connectivity index (χ4n) is 3.95. The van der Waals surface area contributed by atoms with E-state index in [2.05, 4.69) is 9.80 Å². The smallest absolute Gasteiger partial charge is 0.0586 e. The lowest BCUT2D eigenvalue weighted by Gasteiger charge is -2.39. The summed E-state index contributed by atoms with van der Waals surface area (Å²) in [5, 5.41) is 9.47. The van der Waals surface area contributed by atoms with Crippen LogP contribution in [0.3, 0.4) is 0 Å². The fourth-order valence-corrected chi connectivity index (χ4v) is 3.95. The van der Waals surface area contributed by atoms with Crippen LogP contribution in [0.4, 0.5) is 0 Å². The van der Waals surface area contributed by atoms with E-state index in [1.807, 2.05) is 0 Å². The molecule has 0 aromatic carbocycles. The first kappa shape index (κ1) is 12.9. The average Bonchev–Trinajstić information content (AvgIpc) is 3.25. The Bertz CT molecular complexity index is 259. The van der Waals surface area contributed by atoms with Crippen molar-refractivity contribution in [3.63, 3.8) is 0 Å². The SMILES string of the molecule is OC[C@@H]1CCCCN1CC1CCC(N2CC2)CC1. The van der Waals surface area contributed by atoms with Crippen LogP contribution >= 0.6 is 0 Å². The molecule has 0 unspecified atom stereocenters. The quantitative estimate of drug-likeness (QED) is 0.772. The highest BCUT2D eigenvalue weighted by atomic mass is 16.3. The van der Waals surface area contributed by atoms with Crippen LogP contribution in [-0.2, 0) is 0 Å². The van der Waals surface area contributed by atoms with Crippen molar-refractivity contribution in [3.05, 3.63) is 0 Å². The lowest BCUT2D eigenvalue weighted by molar-refractivity contribution is 0.0658. The molecular formula is C15H28N2O. The molecule has 3 nitrogen and oxygen atoms in total. The number of hydrogen-bond donors (Lipinski definition) is 1. The third kappa shape index (κ3) is 3.06. The molecule has 2 aliphatic heterocycles. The highest BCUT2D eigenvalue weighted by Crippen LogP contribution is 2.31. The van der Waals surface area contributed by atoms with Gasteiger partial charge in [0.1, 0.15) is 0 Å². The average molecular weight is 252 g/mol. The summed E-state index contributed by atoms with van der Waals surface area (Å²) in [6.45, 7) is 5.54. The summed E-state index contributed by atoms with van der Waals surface area (Å²) in [6, 6.07) is 1.37. The minimum absolute atomic E-state index is 0.364. The van der Waals surface area contributed by atoms with Crippen LogP contribution in [0.5, 0.6) is 0 Å². The van der Waals surface area contributed by atoms with Gasteiger partial charge in [0.15, 0.2) is 0 Å². The normalized spacial score (nSPS) is 38.8. The van der Waals surface area contributed by atoms with E-state index in [9.17, 15) is 5.11 Å². The number of aliphatic hydroxyl groups is 1. The van der Waals surface area contributed by atoms with Crippen LogP contribution in [0, 0.1) is 5.92 Å². The van der Waals surface area contributed by atoms with Crippen LogP contribution in [0.1, 0.15) is 44.9 Å². The van der Waals surface area contributed by atoms with E-state index in [-0.39, 0.29) is 0 Å². The summed E-state index contributed by atoms with van der Waals surface area (Å²) < 4.78 is 0. The third-order valence-electron chi connectivity index (χ3n) is 5.27. The Labute approximate surface area is 111 Å². The second kappa shape index (κ2) is 5.89. The minimum Gasteiger partial charge on any atom is -0.395 e. The molecule has 3 aliphatic rings. The van der Waals surface area contributed by atoms with Gasteiger partial charge < -0.3 is 5.11 Å². The number of likely N-dealkylation sites (tertiary alicyclic amines) is 1. The Kier molecular flexibility index (Phi) is 4.22. The van der Waals surface area contributed by atoms with Gasteiger partial charge in [0.2, 0.25) is 0 Å². The van der Waals surface area contributed by atoms with Crippen LogP contribution in [0.2, 0.25) is 0 Å². The number of aliphatic hydroxyl groups excluding tert-OH is 1. The Morgan fingerprint density at radius 2 is 1.67 bits per heavy atom. The summed E-state index contributed by atoms with van der Waals surface area (Å²) in [4.78, 5) is 5.21. The van der Waals surface area contributed by atoms with Crippen molar-refractivity contribution in [3.8, 4) is 0 Å². The Morgan fingerprint density at radius 1 is 0.889 bits per heavy atom. The molecule has 0 radical (unpaired) electrons. The van der Waals surface area contributed by atoms with Crippen molar-refractivity contribution >= 4 is 0 Å². The van der Waals surface area contributed by atoms with Crippen molar-refractivity contribution < 1.29 is 5.11 Å². The number of hydrogen-bond acceptors (Lipinski definition) is 3. The maximum absolute atomic E-state index is 9.47. The van der Waals surface area contributed by atoms with Crippen molar-refractivity contribution in [2.75, 3.05) is 32.8 Å². The molecule has 3 fully saturated rings. The van der Waals surface area contributed by atoms with Gasteiger partial charge in [-0.05, 0) is 51.0 Å². The van der Waals surface area contributed by atoms with E-state index < -0.39 is 0 Å². The highest BCUT2D eigenvalue weighted by molar-refractivity contribution is 4.88. The van der Waals surface area contributed by atoms with E-state index in [4.69, 9.17) is 0 Å². The first-order chi connectivity index (χ1) is 8.86. The largest absolute Gasteiger partial charge is 0.395 e. The summed E-state index contributed by atoms with van der Waals surface area (Å²) >= 11 is 0. The van der Waals surface area contributed by atoms with Gasteiger partial charge in [-0.2, -0.15) is 0 Å². The second-order valence-electron chi connectivity index (χ2n) is 6.54. The van der Waals surface area contributed by atoms with E-state index in [1.165, 1.54) is 71.1 Å². The number of piperidine rings is 1. The summed E-state index contributed by atoms with van der Waals surface area (Å²) in [5.41, 5.74) is 0. The minimum atomic E-state index is 0.364. The lowest BCUT2D eigenvalue weighted by atomic mass is 9.85. The molecule has 104 valence electrons. The molecule has 3 heteroatoms. The molecule has 0 aromatic rings. The third-order valence-corrected chi connectivity index (χ3v) is 5.27. The van der Waals surface area contributed by atoms with Crippen molar-refractivity contribution in [1.29, 1.82) is 0 Å².